The lowest BCUT2D eigenvalue weighted by atomic mass is 10.2. The van der Waals surface area contributed by atoms with Gasteiger partial charge in [-0.3, -0.25) is 0 Å². The van der Waals surface area contributed by atoms with Gasteiger partial charge >= 0.3 is 0 Å². The van der Waals surface area contributed by atoms with Gasteiger partial charge in [0.05, 0.1) is 11.6 Å². The van der Waals surface area contributed by atoms with Crippen LogP contribution in [0.2, 0.25) is 0 Å². The van der Waals surface area contributed by atoms with Crippen LogP contribution in [-0.4, -0.2) is 11.6 Å². The van der Waals surface area contributed by atoms with E-state index in [1.54, 1.807) is 12.1 Å². The van der Waals surface area contributed by atoms with Gasteiger partial charge in [-0.2, -0.15) is 5.26 Å². The molecule has 0 bridgehead atoms. The maximum Gasteiger partial charge on any atom is 0.138 e. The van der Waals surface area contributed by atoms with Gasteiger partial charge in [0.15, 0.2) is 0 Å². The molecule has 0 aliphatic carbocycles. The predicted octanol–water partition coefficient (Wildman–Crippen LogP) is 3.42. The van der Waals surface area contributed by atoms with Crippen molar-refractivity contribution in [3.63, 3.8) is 0 Å². The summed E-state index contributed by atoms with van der Waals surface area (Å²) in [5.74, 6) is 1.06. The molecule has 0 aliphatic heterocycles. The Balaban J connectivity index is 2.65. The van der Waals surface area contributed by atoms with E-state index in [4.69, 9.17) is 16.9 Å². The summed E-state index contributed by atoms with van der Waals surface area (Å²) in [6.45, 7) is 0. The highest BCUT2D eigenvalue weighted by molar-refractivity contribution is 7.99. The van der Waals surface area contributed by atoms with E-state index in [-0.39, 0.29) is 5.82 Å². The molecular formula is C10H9ClFNS. The second-order valence-electron chi connectivity index (χ2n) is 2.65. The smallest absolute Gasteiger partial charge is 0.138 e. The van der Waals surface area contributed by atoms with Gasteiger partial charge < -0.3 is 0 Å². The number of alkyl halides is 1. The van der Waals surface area contributed by atoms with Gasteiger partial charge in [-0.05, 0) is 30.4 Å². The molecule has 0 amide bonds. The minimum atomic E-state index is -0.330. The largest absolute Gasteiger partial charge is 0.206 e. The van der Waals surface area contributed by atoms with E-state index >= 15 is 0 Å². The highest BCUT2D eigenvalue weighted by atomic mass is 35.5. The molecule has 0 saturated heterocycles. The maximum absolute atomic E-state index is 13.3. The summed E-state index contributed by atoms with van der Waals surface area (Å²) in [5, 5.41) is 8.53. The molecule has 0 aromatic heterocycles. The summed E-state index contributed by atoms with van der Waals surface area (Å²) in [6, 6.07) is 6.39. The quantitative estimate of drug-likeness (QED) is 0.449. The van der Waals surface area contributed by atoms with E-state index in [1.807, 2.05) is 6.07 Å². The number of hydrogen-bond donors (Lipinski definition) is 0. The van der Waals surface area contributed by atoms with Crippen molar-refractivity contribution >= 4 is 23.4 Å². The highest BCUT2D eigenvalue weighted by Gasteiger charge is 2.03. The van der Waals surface area contributed by atoms with Crippen LogP contribution in [0.25, 0.3) is 0 Å². The summed E-state index contributed by atoms with van der Waals surface area (Å²) in [6.07, 6.45) is 0.853. The molecule has 4 heteroatoms. The van der Waals surface area contributed by atoms with Crippen molar-refractivity contribution < 1.29 is 4.39 Å². The monoisotopic (exact) mass is 229 g/mol. The Morgan fingerprint density at radius 2 is 2.29 bits per heavy atom. The van der Waals surface area contributed by atoms with E-state index < -0.39 is 0 Å². The molecule has 0 unspecified atom stereocenters. The van der Waals surface area contributed by atoms with Crippen LogP contribution in [0.3, 0.4) is 0 Å². The molecule has 74 valence electrons. The molecule has 0 fully saturated rings. The first kappa shape index (κ1) is 11.4. The lowest BCUT2D eigenvalue weighted by Crippen LogP contribution is -1.86. The molecule has 1 nitrogen and oxygen atoms in total. The standard InChI is InChI=1S/C10H9ClFNS/c11-4-1-5-14-10-3-2-8(7-13)6-9(10)12/h2-3,6H,1,4-5H2. The number of benzene rings is 1. The van der Waals surface area contributed by atoms with Crippen LogP contribution >= 0.6 is 23.4 Å². The van der Waals surface area contributed by atoms with Gasteiger partial charge in [-0.1, -0.05) is 0 Å². The number of hydrogen-bond acceptors (Lipinski definition) is 2. The molecule has 0 atom stereocenters. The Morgan fingerprint density at radius 3 is 2.86 bits per heavy atom. The molecular weight excluding hydrogens is 221 g/mol. The van der Waals surface area contributed by atoms with E-state index in [1.165, 1.54) is 17.8 Å². The first-order valence-corrected chi connectivity index (χ1v) is 5.68. The fraction of sp³-hybridized carbons (Fsp3) is 0.300. The third-order valence-electron chi connectivity index (χ3n) is 1.60. The average molecular weight is 230 g/mol. The zero-order valence-electron chi connectivity index (χ0n) is 7.46. The summed E-state index contributed by atoms with van der Waals surface area (Å²) >= 11 is 6.93. The van der Waals surface area contributed by atoms with E-state index in [0.29, 0.717) is 16.3 Å². The van der Waals surface area contributed by atoms with Crippen LogP contribution < -0.4 is 0 Å². The SMILES string of the molecule is N#Cc1ccc(SCCCCl)c(F)c1. The number of nitrogens with zero attached hydrogens (tertiary/aromatic N) is 1. The van der Waals surface area contributed by atoms with Gasteiger partial charge in [0.2, 0.25) is 0 Å². The molecule has 1 rings (SSSR count). The van der Waals surface area contributed by atoms with Gasteiger partial charge in [0.25, 0.3) is 0 Å². The lowest BCUT2D eigenvalue weighted by Gasteiger charge is -2.01. The predicted molar refractivity (Wildman–Crippen MR) is 57.2 cm³/mol. The Kier molecular flexibility index (Phi) is 4.78. The first-order valence-electron chi connectivity index (χ1n) is 4.16. The Bertz CT molecular complexity index is 348. The van der Waals surface area contributed by atoms with Crippen molar-refractivity contribution in [1.29, 1.82) is 5.26 Å². The zero-order chi connectivity index (χ0) is 10.4. The van der Waals surface area contributed by atoms with Crippen molar-refractivity contribution in [2.24, 2.45) is 0 Å². The molecule has 1 aromatic carbocycles. The van der Waals surface area contributed by atoms with E-state index in [0.717, 1.165) is 12.2 Å². The normalized spacial score (nSPS) is 9.79. The number of nitriles is 1. The topological polar surface area (TPSA) is 23.8 Å². The van der Waals surface area contributed by atoms with Crippen LogP contribution in [0.15, 0.2) is 23.1 Å². The van der Waals surface area contributed by atoms with Crippen molar-refractivity contribution in [3.05, 3.63) is 29.6 Å². The fourth-order valence-corrected chi connectivity index (χ4v) is 2.09. The molecule has 0 heterocycles. The molecule has 1 aromatic rings. The third kappa shape index (κ3) is 3.21. The summed E-state index contributed by atoms with van der Waals surface area (Å²) < 4.78 is 13.3. The lowest BCUT2D eigenvalue weighted by molar-refractivity contribution is 0.601. The summed E-state index contributed by atoms with van der Waals surface area (Å²) in [4.78, 5) is 0.578. The van der Waals surface area contributed by atoms with Crippen LogP contribution in [-0.2, 0) is 0 Å². The second kappa shape index (κ2) is 5.90. The van der Waals surface area contributed by atoms with Gasteiger partial charge in [-0.25, -0.2) is 4.39 Å². The van der Waals surface area contributed by atoms with E-state index in [9.17, 15) is 4.39 Å². The second-order valence-corrected chi connectivity index (χ2v) is 4.16. The van der Waals surface area contributed by atoms with Crippen molar-refractivity contribution in [2.45, 2.75) is 11.3 Å². The minimum absolute atomic E-state index is 0.330. The average Bonchev–Trinajstić information content (AvgIpc) is 2.20. The Morgan fingerprint density at radius 1 is 1.50 bits per heavy atom. The van der Waals surface area contributed by atoms with Crippen LogP contribution in [0, 0.1) is 17.1 Å². The number of halogens is 2. The van der Waals surface area contributed by atoms with Crippen LogP contribution in [0.1, 0.15) is 12.0 Å². The van der Waals surface area contributed by atoms with Crippen LogP contribution in [0.4, 0.5) is 4.39 Å². The first-order chi connectivity index (χ1) is 6.77. The van der Waals surface area contributed by atoms with Crippen molar-refractivity contribution in [1.82, 2.24) is 0 Å². The molecule has 0 radical (unpaired) electrons. The zero-order valence-corrected chi connectivity index (χ0v) is 9.04. The van der Waals surface area contributed by atoms with Gasteiger partial charge in [-0.15, -0.1) is 23.4 Å². The molecule has 0 N–H and O–H groups in total. The Hall–Kier alpha value is -0.720. The van der Waals surface area contributed by atoms with E-state index in [2.05, 4.69) is 0 Å². The van der Waals surface area contributed by atoms with Crippen LogP contribution in [0.5, 0.6) is 0 Å². The summed E-state index contributed by atoms with van der Waals surface area (Å²) in [7, 11) is 0. The summed E-state index contributed by atoms with van der Waals surface area (Å²) in [5.41, 5.74) is 0.351. The number of rotatable bonds is 4. The fourth-order valence-electron chi connectivity index (χ4n) is 0.924. The maximum atomic E-state index is 13.3. The van der Waals surface area contributed by atoms with Gasteiger partial charge in [0, 0.05) is 10.8 Å². The Labute approximate surface area is 91.9 Å². The molecule has 14 heavy (non-hydrogen) atoms. The molecule has 0 spiro atoms. The van der Waals surface area contributed by atoms with Crippen molar-refractivity contribution in [2.75, 3.05) is 11.6 Å². The highest BCUT2D eigenvalue weighted by Crippen LogP contribution is 2.23. The van der Waals surface area contributed by atoms with Crippen molar-refractivity contribution in [3.8, 4) is 6.07 Å². The molecule has 0 aliphatic rings. The minimum Gasteiger partial charge on any atom is -0.206 e. The number of thioether (sulfide) groups is 1. The third-order valence-corrected chi connectivity index (χ3v) is 3.00. The van der Waals surface area contributed by atoms with Gasteiger partial charge in [0.1, 0.15) is 5.82 Å². The molecule has 0 saturated carbocycles.